The monoisotopic (exact) mass is 262 g/mol. The Bertz CT molecular complexity index is 381. The van der Waals surface area contributed by atoms with Crippen molar-refractivity contribution in [3.8, 4) is 5.75 Å². The molecule has 0 bridgehead atoms. The SMILES string of the molecule is CCOc1ccccc1CNC[C@H]1CCCN1CC. The van der Waals surface area contributed by atoms with E-state index in [9.17, 15) is 0 Å². The number of likely N-dealkylation sites (N-methyl/N-ethyl adjacent to an activating group) is 1. The van der Waals surface area contributed by atoms with Crippen LogP contribution in [0.25, 0.3) is 0 Å². The number of ether oxygens (including phenoxy) is 1. The van der Waals surface area contributed by atoms with Gasteiger partial charge >= 0.3 is 0 Å². The van der Waals surface area contributed by atoms with Crippen LogP contribution >= 0.6 is 0 Å². The molecule has 0 radical (unpaired) electrons. The first-order chi connectivity index (χ1) is 9.35. The molecule has 2 rings (SSSR count). The lowest BCUT2D eigenvalue weighted by Crippen LogP contribution is -2.37. The second kappa shape index (κ2) is 7.51. The molecule has 19 heavy (non-hydrogen) atoms. The Hall–Kier alpha value is -1.06. The maximum atomic E-state index is 5.65. The summed E-state index contributed by atoms with van der Waals surface area (Å²) in [4.78, 5) is 2.57. The molecular weight excluding hydrogens is 236 g/mol. The molecule has 3 nitrogen and oxygen atoms in total. The molecular formula is C16H26N2O. The zero-order valence-electron chi connectivity index (χ0n) is 12.2. The number of nitrogens with one attached hydrogen (secondary N) is 1. The number of benzene rings is 1. The van der Waals surface area contributed by atoms with Crippen LogP contribution in [0, 0.1) is 0 Å². The Kier molecular flexibility index (Phi) is 5.67. The van der Waals surface area contributed by atoms with Gasteiger partial charge in [0.25, 0.3) is 0 Å². The van der Waals surface area contributed by atoms with E-state index >= 15 is 0 Å². The van der Waals surface area contributed by atoms with Crippen LogP contribution in [0.5, 0.6) is 5.75 Å². The van der Waals surface area contributed by atoms with E-state index in [1.807, 2.05) is 13.0 Å². The van der Waals surface area contributed by atoms with Crippen LogP contribution in [0.2, 0.25) is 0 Å². The van der Waals surface area contributed by atoms with Gasteiger partial charge in [-0.2, -0.15) is 0 Å². The number of para-hydroxylation sites is 1. The average Bonchev–Trinajstić information content (AvgIpc) is 2.88. The van der Waals surface area contributed by atoms with Gasteiger partial charge in [-0.25, -0.2) is 0 Å². The molecule has 0 amide bonds. The minimum Gasteiger partial charge on any atom is -0.494 e. The molecule has 0 aromatic heterocycles. The van der Waals surface area contributed by atoms with E-state index in [4.69, 9.17) is 4.74 Å². The van der Waals surface area contributed by atoms with Gasteiger partial charge in [-0.05, 0) is 38.9 Å². The fraction of sp³-hybridized carbons (Fsp3) is 0.625. The average molecular weight is 262 g/mol. The zero-order valence-corrected chi connectivity index (χ0v) is 12.2. The lowest BCUT2D eigenvalue weighted by atomic mass is 10.2. The van der Waals surface area contributed by atoms with Gasteiger partial charge < -0.3 is 10.1 Å². The van der Waals surface area contributed by atoms with Gasteiger partial charge in [-0.3, -0.25) is 4.90 Å². The molecule has 1 fully saturated rings. The van der Waals surface area contributed by atoms with Crippen molar-refractivity contribution in [1.82, 2.24) is 10.2 Å². The molecule has 3 heteroatoms. The van der Waals surface area contributed by atoms with Crippen molar-refractivity contribution >= 4 is 0 Å². The van der Waals surface area contributed by atoms with E-state index in [2.05, 4.69) is 35.3 Å². The second-order valence-corrected chi connectivity index (χ2v) is 5.10. The summed E-state index contributed by atoms with van der Waals surface area (Å²) >= 11 is 0. The van der Waals surface area contributed by atoms with Gasteiger partial charge in [0.1, 0.15) is 5.75 Å². The molecule has 0 aliphatic carbocycles. The summed E-state index contributed by atoms with van der Waals surface area (Å²) in [5.74, 6) is 1.01. The van der Waals surface area contributed by atoms with E-state index < -0.39 is 0 Å². The molecule has 1 N–H and O–H groups in total. The minimum atomic E-state index is 0.712. The largest absolute Gasteiger partial charge is 0.494 e. The molecule has 1 aliphatic heterocycles. The van der Waals surface area contributed by atoms with Gasteiger partial charge in [0.05, 0.1) is 6.61 Å². The summed E-state index contributed by atoms with van der Waals surface area (Å²) < 4.78 is 5.65. The molecule has 1 atom stereocenters. The number of rotatable bonds is 7. The molecule has 1 aromatic rings. The van der Waals surface area contributed by atoms with E-state index in [-0.39, 0.29) is 0 Å². The molecule has 1 heterocycles. The van der Waals surface area contributed by atoms with Crippen molar-refractivity contribution in [1.29, 1.82) is 0 Å². The lowest BCUT2D eigenvalue weighted by molar-refractivity contribution is 0.259. The maximum Gasteiger partial charge on any atom is 0.123 e. The summed E-state index contributed by atoms with van der Waals surface area (Å²) in [6.45, 7) is 9.41. The molecule has 1 saturated heterocycles. The van der Waals surface area contributed by atoms with Crippen LogP contribution in [-0.4, -0.2) is 37.2 Å². The highest BCUT2D eigenvalue weighted by Gasteiger charge is 2.22. The molecule has 0 unspecified atom stereocenters. The van der Waals surface area contributed by atoms with Crippen molar-refractivity contribution in [2.75, 3.05) is 26.2 Å². The quantitative estimate of drug-likeness (QED) is 0.817. The van der Waals surface area contributed by atoms with Crippen molar-refractivity contribution in [2.24, 2.45) is 0 Å². The van der Waals surface area contributed by atoms with Crippen molar-refractivity contribution in [3.63, 3.8) is 0 Å². The first-order valence-corrected chi connectivity index (χ1v) is 7.50. The minimum absolute atomic E-state index is 0.712. The molecule has 0 spiro atoms. The Morgan fingerprint density at radius 2 is 2.16 bits per heavy atom. The Labute approximate surface area is 116 Å². The standard InChI is InChI=1S/C16H26N2O/c1-3-18-11-7-9-15(18)13-17-12-14-8-5-6-10-16(14)19-4-2/h5-6,8,10,15,17H,3-4,7,9,11-13H2,1-2H3/t15-/m1/s1. The predicted molar refractivity (Wildman–Crippen MR) is 79.6 cm³/mol. The molecule has 106 valence electrons. The summed E-state index contributed by atoms with van der Waals surface area (Å²) in [5, 5.41) is 3.59. The highest BCUT2D eigenvalue weighted by atomic mass is 16.5. The van der Waals surface area contributed by atoms with Crippen LogP contribution in [0.1, 0.15) is 32.3 Å². The van der Waals surface area contributed by atoms with Gasteiger partial charge in [0, 0.05) is 24.7 Å². The lowest BCUT2D eigenvalue weighted by Gasteiger charge is -2.23. The van der Waals surface area contributed by atoms with Crippen LogP contribution in [-0.2, 0) is 6.54 Å². The zero-order chi connectivity index (χ0) is 13.5. The summed E-state index contributed by atoms with van der Waals surface area (Å²) in [5.41, 5.74) is 1.25. The number of nitrogens with zero attached hydrogens (tertiary/aromatic N) is 1. The summed E-state index contributed by atoms with van der Waals surface area (Å²) in [6, 6.07) is 9.01. The smallest absolute Gasteiger partial charge is 0.123 e. The van der Waals surface area contributed by atoms with E-state index in [0.717, 1.165) is 25.4 Å². The predicted octanol–water partition coefficient (Wildman–Crippen LogP) is 2.66. The second-order valence-electron chi connectivity index (χ2n) is 5.10. The van der Waals surface area contributed by atoms with Gasteiger partial charge in [-0.15, -0.1) is 0 Å². The third-order valence-corrected chi connectivity index (χ3v) is 3.87. The van der Waals surface area contributed by atoms with Crippen molar-refractivity contribution in [2.45, 2.75) is 39.3 Å². The Balaban J connectivity index is 1.82. The van der Waals surface area contributed by atoms with E-state index in [0.29, 0.717) is 6.04 Å². The highest BCUT2D eigenvalue weighted by molar-refractivity contribution is 5.33. The molecule has 0 saturated carbocycles. The summed E-state index contributed by atoms with van der Waals surface area (Å²) in [7, 11) is 0. The van der Waals surface area contributed by atoms with Gasteiger partial charge in [0.2, 0.25) is 0 Å². The number of hydrogen-bond acceptors (Lipinski definition) is 3. The van der Waals surface area contributed by atoms with E-state index in [1.165, 1.54) is 31.5 Å². The number of likely N-dealkylation sites (tertiary alicyclic amines) is 1. The summed E-state index contributed by atoms with van der Waals surface area (Å²) in [6.07, 6.45) is 2.67. The highest BCUT2D eigenvalue weighted by Crippen LogP contribution is 2.19. The fourth-order valence-electron chi connectivity index (χ4n) is 2.86. The van der Waals surface area contributed by atoms with E-state index in [1.54, 1.807) is 0 Å². The fourth-order valence-corrected chi connectivity index (χ4v) is 2.86. The topological polar surface area (TPSA) is 24.5 Å². The first-order valence-electron chi connectivity index (χ1n) is 7.50. The van der Waals surface area contributed by atoms with Gasteiger partial charge in [-0.1, -0.05) is 25.1 Å². The third kappa shape index (κ3) is 3.95. The normalized spacial score (nSPS) is 19.8. The van der Waals surface area contributed by atoms with Crippen molar-refractivity contribution < 1.29 is 4.74 Å². The van der Waals surface area contributed by atoms with Crippen molar-refractivity contribution in [3.05, 3.63) is 29.8 Å². The third-order valence-electron chi connectivity index (χ3n) is 3.87. The Morgan fingerprint density at radius 3 is 2.95 bits per heavy atom. The Morgan fingerprint density at radius 1 is 1.32 bits per heavy atom. The maximum absolute atomic E-state index is 5.65. The first kappa shape index (κ1) is 14.4. The van der Waals surface area contributed by atoms with Crippen LogP contribution < -0.4 is 10.1 Å². The molecule has 1 aromatic carbocycles. The number of hydrogen-bond donors (Lipinski definition) is 1. The van der Waals surface area contributed by atoms with Crippen LogP contribution in [0.4, 0.5) is 0 Å². The molecule has 1 aliphatic rings. The van der Waals surface area contributed by atoms with Crippen LogP contribution in [0.15, 0.2) is 24.3 Å². The van der Waals surface area contributed by atoms with Crippen LogP contribution in [0.3, 0.4) is 0 Å². The van der Waals surface area contributed by atoms with Gasteiger partial charge in [0.15, 0.2) is 0 Å².